The molecular weight excluding hydrogens is 1050 g/mol. The topological polar surface area (TPSA) is 95.9 Å². The highest BCUT2D eigenvalue weighted by molar-refractivity contribution is 5.76. The molecule has 0 aliphatic carbocycles. The van der Waals surface area contributed by atoms with Gasteiger partial charge in [-0.1, -0.05) is 411 Å². The van der Waals surface area contributed by atoms with Gasteiger partial charge in [0.2, 0.25) is 5.91 Å². The van der Waals surface area contributed by atoms with Crippen molar-refractivity contribution in [2.45, 2.75) is 475 Å². The van der Waals surface area contributed by atoms with E-state index in [4.69, 9.17) is 4.74 Å². The molecule has 0 bridgehead atoms. The van der Waals surface area contributed by atoms with E-state index >= 15 is 0 Å². The Balaban J connectivity index is 3.28. The van der Waals surface area contributed by atoms with E-state index < -0.39 is 12.1 Å². The summed E-state index contributed by atoms with van der Waals surface area (Å²) < 4.78 is 5.52. The molecule has 0 fully saturated rings. The minimum Gasteiger partial charge on any atom is -0.466 e. The van der Waals surface area contributed by atoms with Gasteiger partial charge in [0, 0.05) is 12.8 Å². The van der Waals surface area contributed by atoms with E-state index in [0.717, 1.165) is 38.5 Å². The fraction of sp³-hybridized carbons (Fsp3) is 0.950. The average Bonchev–Trinajstić information content (AvgIpc) is 3.58. The molecule has 512 valence electrons. The molecule has 0 radical (unpaired) electrons. The van der Waals surface area contributed by atoms with Crippen molar-refractivity contribution in [3.63, 3.8) is 0 Å². The van der Waals surface area contributed by atoms with Crippen LogP contribution < -0.4 is 5.32 Å². The molecule has 0 aromatic rings. The molecule has 86 heavy (non-hydrogen) atoms. The number of hydrogen-bond acceptors (Lipinski definition) is 5. The SMILES string of the molecule is CCCCCCCCCCCCCCCCCCCCCC(=O)OCCCCCCCCCCCCCCCCCCCC/C=C\CCCCCCCCCCCCCCCCCCCC(=O)NC(CO)C(O)CCCCCCCCCCCCC. The van der Waals surface area contributed by atoms with Gasteiger partial charge in [-0.25, -0.2) is 0 Å². The average molecular weight is 1210 g/mol. The quantitative estimate of drug-likeness (QED) is 0.0320. The van der Waals surface area contributed by atoms with Gasteiger partial charge in [-0.05, 0) is 51.4 Å². The predicted molar refractivity (Wildman–Crippen MR) is 380 cm³/mol. The van der Waals surface area contributed by atoms with Crippen LogP contribution in [0.5, 0.6) is 0 Å². The Morgan fingerprint density at radius 1 is 0.314 bits per heavy atom. The second kappa shape index (κ2) is 76.1. The molecule has 0 aromatic carbocycles. The van der Waals surface area contributed by atoms with Crippen molar-refractivity contribution in [2.75, 3.05) is 13.2 Å². The monoisotopic (exact) mass is 1210 g/mol. The Morgan fingerprint density at radius 2 is 0.547 bits per heavy atom. The van der Waals surface area contributed by atoms with Crippen LogP contribution in [-0.2, 0) is 14.3 Å². The maximum atomic E-state index is 12.5. The van der Waals surface area contributed by atoms with Gasteiger partial charge in [0.25, 0.3) is 0 Å². The fourth-order valence-corrected chi connectivity index (χ4v) is 13.0. The van der Waals surface area contributed by atoms with Crippen molar-refractivity contribution in [1.82, 2.24) is 5.32 Å². The van der Waals surface area contributed by atoms with Gasteiger partial charge < -0.3 is 20.3 Å². The number of amides is 1. The lowest BCUT2D eigenvalue weighted by Gasteiger charge is -2.22. The van der Waals surface area contributed by atoms with Crippen LogP contribution in [0.15, 0.2) is 12.2 Å². The Morgan fingerprint density at radius 3 is 0.826 bits per heavy atom. The lowest BCUT2D eigenvalue weighted by molar-refractivity contribution is -0.143. The smallest absolute Gasteiger partial charge is 0.305 e. The molecule has 0 aliphatic heterocycles. The van der Waals surface area contributed by atoms with Crippen molar-refractivity contribution in [2.24, 2.45) is 0 Å². The first-order valence-electron chi connectivity index (χ1n) is 39.9. The number of aliphatic hydroxyl groups excluding tert-OH is 2. The van der Waals surface area contributed by atoms with Gasteiger partial charge in [0.1, 0.15) is 0 Å². The summed E-state index contributed by atoms with van der Waals surface area (Å²) in [5.74, 6) is -0.000466. The van der Waals surface area contributed by atoms with Gasteiger partial charge in [-0.2, -0.15) is 0 Å². The highest BCUT2D eigenvalue weighted by Crippen LogP contribution is 2.20. The van der Waals surface area contributed by atoms with E-state index in [1.807, 2.05) is 0 Å². The van der Waals surface area contributed by atoms with E-state index in [-0.39, 0.29) is 18.5 Å². The number of carbonyl (C=O) groups is 2. The van der Waals surface area contributed by atoms with Gasteiger partial charge in [0.15, 0.2) is 0 Å². The highest BCUT2D eigenvalue weighted by atomic mass is 16.5. The molecule has 2 unspecified atom stereocenters. The summed E-state index contributed by atoms with van der Waals surface area (Å²) in [6, 6.07) is -0.536. The number of esters is 1. The van der Waals surface area contributed by atoms with E-state index in [2.05, 4.69) is 31.3 Å². The standard InChI is InChI=1S/C80H157NO5/c1-3-5-7-9-11-13-15-16-17-18-40-44-47-50-54-58-62-66-70-74-80(85)86-75-71-67-63-59-55-51-48-45-42-39-37-35-33-31-29-27-25-23-21-19-20-22-24-26-28-30-32-34-36-38-41-43-46-49-53-57-61-65-69-73-79(84)81-77(76-82)78(83)72-68-64-60-56-52-14-12-10-8-6-4-2/h19-20,77-78,82-83H,3-18,21-76H2,1-2H3,(H,81,84)/b20-19-. The summed E-state index contributed by atoms with van der Waals surface area (Å²) in [4.78, 5) is 24.6. The van der Waals surface area contributed by atoms with E-state index in [1.54, 1.807) is 0 Å². The van der Waals surface area contributed by atoms with Crippen LogP contribution in [0.3, 0.4) is 0 Å². The number of ether oxygens (including phenoxy) is 1. The summed E-state index contributed by atoms with van der Waals surface area (Å²) in [6.07, 6.45) is 96.2. The zero-order valence-corrected chi connectivity index (χ0v) is 58.8. The Kier molecular flexibility index (Phi) is 74.8. The number of allylic oxidation sites excluding steroid dienone is 2. The first kappa shape index (κ1) is 84.6. The molecule has 2 atom stereocenters. The van der Waals surface area contributed by atoms with Crippen LogP contribution in [0.1, 0.15) is 463 Å². The van der Waals surface area contributed by atoms with Crippen molar-refractivity contribution in [3.05, 3.63) is 12.2 Å². The van der Waals surface area contributed by atoms with Gasteiger partial charge >= 0.3 is 5.97 Å². The zero-order valence-electron chi connectivity index (χ0n) is 58.8. The maximum Gasteiger partial charge on any atom is 0.305 e. The van der Waals surface area contributed by atoms with Crippen LogP contribution in [0.2, 0.25) is 0 Å². The summed E-state index contributed by atoms with van der Waals surface area (Å²) in [7, 11) is 0. The van der Waals surface area contributed by atoms with Gasteiger partial charge in [-0.3, -0.25) is 9.59 Å². The zero-order chi connectivity index (χ0) is 62.0. The molecule has 0 aliphatic rings. The lowest BCUT2D eigenvalue weighted by atomic mass is 10.0. The van der Waals surface area contributed by atoms with Crippen LogP contribution in [0.25, 0.3) is 0 Å². The molecule has 0 heterocycles. The van der Waals surface area contributed by atoms with Crippen molar-refractivity contribution >= 4 is 11.9 Å². The summed E-state index contributed by atoms with van der Waals surface area (Å²) in [5.41, 5.74) is 0. The lowest BCUT2D eigenvalue weighted by Crippen LogP contribution is -2.45. The molecule has 0 aromatic heterocycles. The fourth-order valence-electron chi connectivity index (χ4n) is 13.0. The summed E-state index contributed by atoms with van der Waals surface area (Å²) >= 11 is 0. The van der Waals surface area contributed by atoms with Crippen molar-refractivity contribution in [3.8, 4) is 0 Å². The minimum absolute atomic E-state index is 0.0284. The molecule has 6 heteroatoms. The van der Waals surface area contributed by atoms with Crippen LogP contribution >= 0.6 is 0 Å². The first-order chi connectivity index (χ1) is 42.5. The largest absolute Gasteiger partial charge is 0.466 e. The molecule has 1 amide bonds. The summed E-state index contributed by atoms with van der Waals surface area (Å²) in [5, 5.41) is 23.2. The minimum atomic E-state index is -0.659. The van der Waals surface area contributed by atoms with Crippen LogP contribution in [0.4, 0.5) is 0 Å². The molecular formula is C80H157NO5. The molecule has 0 spiro atoms. The molecule has 0 rings (SSSR count). The first-order valence-corrected chi connectivity index (χ1v) is 39.9. The third-order valence-electron chi connectivity index (χ3n) is 19.1. The number of nitrogens with one attached hydrogen (secondary N) is 1. The maximum absolute atomic E-state index is 12.5. The molecule has 0 saturated heterocycles. The Labute approximate surface area is 539 Å². The Bertz CT molecular complexity index is 1300. The second-order valence-corrected chi connectivity index (χ2v) is 27.8. The molecule has 3 N–H and O–H groups in total. The van der Waals surface area contributed by atoms with E-state index in [0.29, 0.717) is 25.9 Å². The van der Waals surface area contributed by atoms with Crippen molar-refractivity contribution in [1.29, 1.82) is 0 Å². The third kappa shape index (κ3) is 71.7. The van der Waals surface area contributed by atoms with Gasteiger partial charge in [-0.15, -0.1) is 0 Å². The van der Waals surface area contributed by atoms with Crippen LogP contribution in [-0.4, -0.2) is 47.4 Å². The molecule has 6 nitrogen and oxygen atoms in total. The normalized spacial score (nSPS) is 12.5. The van der Waals surface area contributed by atoms with E-state index in [1.165, 1.54) is 392 Å². The number of unbranched alkanes of at least 4 members (excludes halogenated alkanes) is 63. The second-order valence-electron chi connectivity index (χ2n) is 27.8. The third-order valence-corrected chi connectivity index (χ3v) is 19.1. The highest BCUT2D eigenvalue weighted by Gasteiger charge is 2.20. The Hall–Kier alpha value is -1.40. The van der Waals surface area contributed by atoms with E-state index in [9.17, 15) is 19.8 Å². The van der Waals surface area contributed by atoms with Crippen LogP contribution in [0, 0.1) is 0 Å². The van der Waals surface area contributed by atoms with Crippen molar-refractivity contribution < 1.29 is 24.5 Å². The predicted octanol–water partition coefficient (Wildman–Crippen LogP) is 26.3. The number of rotatable bonds is 76. The summed E-state index contributed by atoms with van der Waals surface area (Å²) in [6.45, 7) is 5.00. The number of hydrogen-bond donors (Lipinski definition) is 3. The number of aliphatic hydroxyl groups is 2. The molecule has 0 saturated carbocycles. The van der Waals surface area contributed by atoms with Gasteiger partial charge in [0.05, 0.1) is 25.4 Å². The number of carbonyl (C=O) groups excluding carboxylic acids is 2.